The molecule has 0 spiro atoms. The number of aryl methyl sites for hydroxylation is 1. The highest BCUT2D eigenvalue weighted by Crippen LogP contribution is 2.34. The van der Waals surface area contributed by atoms with Crippen molar-refractivity contribution < 1.29 is 8.78 Å². The van der Waals surface area contributed by atoms with Gasteiger partial charge in [0.15, 0.2) is 0 Å². The summed E-state index contributed by atoms with van der Waals surface area (Å²) in [6.45, 7) is 1.93. The fourth-order valence-corrected chi connectivity index (χ4v) is 2.59. The first kappa shape index (κ1) is 12.5. The molecule has 88 valence electrons. The van der Waals surface area contributed by atoms with Gasteiger partial charge >= 0.3 is 0 Å². The van der Waals surface area contributed by atoms with Crippen LogP contribution in [0.3, 0.4) is 0 Å². The SMILES string of the molecule is Cc1ccnc(Sc2ccc(F)cc2F)c1Br. The minimum atomic E-state index is -0.580. The first-order chi connectivity index (χ1) is 8.08. The first-order valence-corrected chi connectivity index (χ1v) is 6.43. The fraction of sp³-hybridized carbons (Fsp3) is 0.0833. The van der Waals surface area contributed by atoms with Crippen LogP contribution < -0.4 is 0 Å². The van der Waals surface area contributed by atoms with Crippen molar-refractivity contribution in [2.75, 3.05) is 0 Å². The average molecular weight is 316 g/mol. The Labute approximate surface area is 110 Å². The molecule has 2 aromatic rings. The van der Waals surface area contributed by atoms with Gasteiger partial charge in [0.05, 0.1) is 4.47 Å². The number of hydrogen-bond donors (Lipinski definition) is 0. The van der Waals surface area contributed by atoms with E-state index in [2.05, 4.69) is 20.9 Å². The summed E-state index contributed by atoms with van der Waals surface area (Å²) in [6, 6.07) is 5.36. The molecule has 1 aromatic carbocycles. The lowest BCUT2D eigenvalue weighted by atomic mass is 10.3. The third-order valence-corrected chi connectivity index (χ3v) is 4.47. The number of rotatable bonds is 2. The van der Waals surface area contributed by atoms with E-state index in [1.165, 1.54) is 12.1 Å². The molecule has 0 radical (unpaired) electrons. The van der Waals surface area contributed by atoms with E-state index in [1.807, 2.05) is 13.0 Å². The van der Waals surface area contributed by atoms with E-state index >= 15 is 0 Å². The predicted molar refractivity (Wildman–Crippen MR) is 67.2 cm³/mol. The maximum Gasteiger partial charge on any atom is 0.140 e. The third-order valence-electron chi connectivity index (χ3n) is 2.15. The van der Waals surface area contributed by atoms with Gasteiger partial charge in [-0.05, 0) is 46.6 Å². The van der Waals surface area contributed by atoms with Crippen LogP contribution in [0.1, 0.15) is 5.56 Å². The Morgan fingerprint density at radius 3 is 2.71 bits per heavy atom. The van der Waals surface area contributed by atoms with Crippen LogP contribution in [0.2, 0.25) is 0 Å². The second-order valence-electron chi connectivity index (χ2n) is 3.42. The van der Waals surface area contributed by atoms with Crippen LogP contribution in [0.4, 0.5) is 8.78 Å². The lowest BCUT2D eigenvalue weighted by Crippen LogP contribution is -1.88. The van der Waals surface area contributed by atoms with Gasteiger partial charge in [-0.2, -0.15) is 0 Å². The Morgan fingerprint density at radius 1 is 1.24 bits per heavy atom. The topological polar surface area (TPSA) is 12.9 Å². The van der Waals surface area contributed by atoms with E-state index in [9.17, 15) is 8.78 Å². The van der Waals surface area contributed by atoms with Crippen molar-refractivity contribution >= 4 is 27.7 Å². The second-order valence-corrected chi connectivity index (χ2v) is 5.25. The average Bonchev–Trinajstić information content (AvgIpc) is 2.28. The molecule has 0 aliphatic carbocycles. The molecule has 0 aliphatic rings. The molecule has 2 rings (SSSR count). The van der Waals surface area contributed by atoms with Crippen molar-refractivity contribution in [1.29, 1.82) is 0 Å². The van der Waals surface area contributed by atoms with E-state index in [0.717, 1.165) is 27.9 Å². The molecule has 0 saturated carbocycles. The van der Waals surface area contributed by atoms with E-state index in [0.29, 0.717) is 9.92 Å². The van der Waals surface area contributed by atoms with Crippen LogP contribution >= 0.6 is 27.7 Å². The monoisotopic (exact) mass is 315 g/mol. The lowest BCUT2D eigenvalue weighted by Gasteiger charge is -2.06. The van der Waals surface area contributed by atoms with Gasteiger partial charge in [0.1, 0.15) is 16.7 Å². The van der Waals surface area contributed by atoms with Crippen LogP contribution in [0.5, 0.6) is 0 Å². The number of nitrogens with zero attached hydrogens (tertiary/aromatic N) is 1. The van der Waals surface area contributed by atoms with Crippen LogP contribution in [-0.4, -0.2) is 4.98 Å². The van der Waals surface area contributed by atoms with E-state index in [1.54, 1.807) is 6.20 Å². The second kappa shape index (κ2) is 5.14. The Balaban J connectivity index is 2.35. The van der Waals surface area contributed by atoms with Crippen molar-refractivity contribution in [2.24, 2.45) is 0 Å². The number of benzene rings is 1. The van der Waals surface area contributed by atoms with Crippen molar-refractivity contribution in [3.63, 3.8) is 0 Å². The van der Waals surface area contributed by atoms with Crippen LogP contribution in [-0.2, 0) is 0 Å². The van der Waals surface area contributed by atoms with Gasteiger partial charge in [-0.3, -0.25) is 0 Å². The van der Waals surface area contributed by atoms with Crippen LogP contribution in [0.15, 0.2) is 44.9 Å². The largest absolute Gasteiger partial charge is 0.248 e. The Bertz CT molecular complexity index is 560. The zero-order chi connectivity index (χ0) is 12.4. The van der Waals surface area contributed by atoms with Crippen molar-refractivity contribution in [3.8, 4) is 0 Å². The maximum absolute atomic E-state index is 13.5. The summed E-state index contributed by atoms with van der Waals surface area (Å²) in [5, 5.41) is 0.663. The molecule has 0 unspecified atom stereocenters. The van der Waals surface area contributed by atoms with Gasteiger partial charge in [-0.25, -0.2) is 13.8 Å². The predicted octanol–water partition coefficient (Wildman–Crippen LogP) is 4.58. The molecule has 1 aromatic heterocycles. The summed E-state index contributed by atoms with van der Waals surface area (Å²) >= 11 is 4.56. The first-order valence-electron chi connectivity index (χ1n) is 4.82. The molecule has 0 amide bonds. The molecule has 0 bridgehead atoms. The maximum atomic E-state index is 13.5. The van der Waals surface area contributed by atoms with E-state index in [4.69, 9.17) is 0 Å². The summed E-state index contributed by atoms with van der Waals surface area (Å²) in [5.41, 5.74) is 1.02. The van der Waals surface area contributed by atoms with Gasteiger partial charge in [0.2, 0.25) is 0 Å². The minimum Gasteiger partial charge on any atom is -0.248 e. The Hall–Kier alpha value is -0.940. The van der Waals surface area contributed by atoms with Crippen LogP contribution in [0.25, 0.3) is 0 Å². The van der Waals surface area contributed by atoms with Crippen molar-refractivity contribution in [3.05, 3.63) is 52.1 Å². The number of aromatic nitrogens is 1. The van der Waals surface area contributed by atoms with Gasteiger partial charge in [-0.1, -0.05) is 11.8 Å². The molecule has 17 heavy (non-hydrogen) atoms. The normalized spacial score (nSPS) is 10.6. The summed E-state index contributed by atoms with van der Waals surface area (Å²) in [5.74, 6) is -1.16. The molecule has 0 saturated heterocycles. The van der Waals surface area contributed by atoms with Gasteiger partial charge in [0.25, 0.3) is 0 Å². The minimum absolute atomic E-state index is 0.352. The molecular formula is C12H8BrF2NS. The van der Waals surface area contributed by atoms with Gasteiger partial charge < -0.3 is 0 Å². The summed E-state index contributed by atoms with van der Waals surface area (Å²) in [6.07, 6.45) is 1.66. The highest BCUT2D eigenvalue weighted by atomic mass is 79.9. The van der Waals surface area contributed by atoms with Crippen LogP contribution in [0, 0.1) is 18.6 Å². The van der Waals surface area contributed by atoms with Crippen molar-refractivity contribution in [1.82, 2.24) is 4.98 Å². The molecule has 0 atom stereocenters. The zero-order valence-electron chi connectivity index (χ0n) is 8.88. The molecule has 0 N–H and O–H groups in total. The lowest BCUT2D eigenvalue weighted by molar-refractivity contribution is 0.565. The fourth-order valence-electron chi connectivity index (χ4n) is 1.25. The third kappa shape index (κ3) is 2.84. The number of pyridine rings is 1. The standard InChI is InChI=1S/C12H8BrF2NS/c1-7-4-5-16-12(11(7)13)17-10-3-2-8(14)6-9(10)15/h2-6H,1H3. The summed E-state index contributed by atoms with van der Waals surface area (Å²) in [7, 11) is 0. The number of halogens is 3. The molecule has 1 heterocycles. The summed E-state index contributed by atoms with van der Waals surface area (Å²) < 4.78 is 27.0. The molecule has 5 heteroatoms. The molecule has 0 aliphatic heterocycles. The van der Waals surface area contributed by atoms with E-state index in [-0.39, 0.29) is 0 Å². The molecule has 0 fully saturated rings. The molecular weight excluding hydrogens is 308 g/mol. The molecule has 1 nitrogen and oxygen atoms in total. The summed E-state index contributed by atoms with van der Waals surface area (Å²) in [4.78, 5) is 4.51. The Morgan fingerprint density at radius 2 is 2.00 bits per heavy atom. The number of hydrogen-bond acceptors (Lipinski definition) is 2. The highest BCUT2D eigenvalue weighted by molar-refractivity contribution is 9.10. The van der Waals surface area contributed by atoms with Gasteiger partial charge in [-0.15, -0.1) is 0 Å². The van der Waals surface area contributed by atoms with Gasteiger partial charge in [0, 0.05) is 17.2 Å². The smallest absolute Gasteiger partial charge is 0.140 e. The van der Waals surface area contributed by atoms with E-state index < -0.39 is 11.6 Å². The van der Waals surface area contributed by atoms with Crippen molar-refractivity contribution in [2.45, 2.75) is 16.8 Å². The highest BCUT2D eigenvalue weighted by Gasteiger charge is 2.10. The zero-order valence-corrected chi connectivity index (χ0v) is 11.3. The quantitative estimate of drug-likeness (QED) is 0.804. The Kier molecular flexibility index (Phi) is 3.79.